The Morgan fingerprint density at radius 2 is 1.56 bits per heavy atom. The van der Waals surface area contributed by atoms with Crippen molar-refractivity contribution >= 4 is 39.8 Å². The minimum absolute atomic E-state index is 0. The summed E-state index contributed by atoms with van der Waals surface area (Å²) >= 11 is 0. The van der Waals surface area contributed by atoms with Crippen LogP contribution in [0.25, 0.3) is 0 Å². The van der Waals surface area contributed by atoms with E-state index in [1.54, 1.807) is 26.0 Å². The zero-order valence-corrected chi connectivity index (χ0v) is 17.0. The van der Waals surface area contributed by atoms with E-state index in [2.05, 4.69) is 32.5 Å². The van der Waals surface area contributed by atoms with Gasteiger partial charge >= 0.3 is 0 Å². The highest BCUT2D eigenvalue weighted by Crippen LogP contribution is 2.17. The predicted octanol–water partition coefficient (Wildman–Crippen LogP) is 3.22. The van der Waals surface area contributed by atoms with Gasteiger partial charge in [-0.05, 0) is 55.7 Å². The highest BCUT2D eigenvalue weighted by atomic mass is 35.5. The van der Waals surface area contributed by atoms with E-state index in [1.807, 2.05) is 24.3 Å². The highest BCUT2D eigenvalue weighted by molar-refractivity contribution is 7.93. The number of hydrogen-bond donors (Lipinski definition) is 3. The monoisotopic (exact) mass is 408 g/mol. The van der Waals surface area contributed by atoms with Crippen LogP contribution in [0.4, 0.5) is 11.4 Å². The molecule has 0 atom stereocenters. The lowest BCUT2D eigenvalue weighted by atomic mass is 10.0. The van der Waals surface area contributed by atoms with Crippen LogP contribution in [0.3, 0.4) is 0 Å². The van der Waals surface area contributed by atoms with E-state index in [0.29, 0.717) is 5.69 Å². The van der Waals surface area contributed by atoms with E-state index >= 15 is 0 Å². The van der Waals surface area contributed by atoms with Crippen LogP contribution in [0.2, 0.25) is 0 Å². The molecule has 1 heterocycles. The predicted molar refractivity (Wildman–Crippen MR) is 115 cm³/mol. The number of halogens is 1. The molecule has 3 rings (SSSR count). The Kier molecular flexibility index (Phi) is 7.10. The van der Waals surface area contributed by atoms with Crippen molar-refractivity contribution in [1.82, 2.24) is 5.32 Å². The third-order valence-electron chi connectivity index (χ3n) is 4.13. The van der Waals surface area contributed by atoms with Gasteiger partial charge in [0, 0.05) is 17.9 Å². The number of benzene rings is 2. The molecular weight excluding hydrogens is 384 g/mol. The van der Waals surface area contributed by atoms with Crippen molar-refractivity contribution in [3.05, 3.63) is 59.7 Å². The normalized spacial score (nSPS) is 13.5. The van der Waals surface area contributed by atoms with Crippen molar-refractivity contribution in [1.29, 1.82) is 0 Å². The van der Waals surface area contributed by atoms with Crippen LogP contribution >= 0.6 is 12.4 Å². The summed E-state index contributed by atoms with van der Waals surface area (Å²) in [5.41, 5.74) is 3.90. The number of nitrogens with one attached hydrogen (secondary N) is 3. The van der Waals surface area contributed by atoms with Gasteiger partial charge in [0.05, 0.1) is 11.8 Å². The molecule has 0 spiro atoms. The zero-order chi connectivity index (χ0) is 18.6. The first-order chi connectivity index (χ1) is 12.4. The Hall–Kier alpha value is -2.25. The van der Waals surface area contributed by atoms with Crippen molar-refractivity contribution in [3.63, 3.8) is 0 Å². The molecule has 2 aromatic carbocycles. The maximum absolute atomic E-state index is 11.9. The largest absolute Gasteiger partial charge is 0.354 e. The molecular formula is C19H25ClN4O2S. The smallest absolute Gasteiger partial charge is 0.235 e. The van der Waals surface area contributed by atoms with Gasteiger partial charge in [-0.3, -0.25) is 9.71 Å². The van der Waals surface area contributed by atoms with Crippen LogP contribution in [0.5, 0.6) is 0 Å². The topological polar surface area (TPSA) is 82.6 Å². The minimum Gasteiger partial charge on any atom is -0.354 e. The molecule has 0 saturated heterocycles. The van der Waals surface area contributed by atoms with Gasteiger partial charge in [0.2, 0.25) is 10.0 Å². The summed E-state index contributed by atoms with van der Waals surface area (Å²) in [5, 5.41) is 5.96. The van der Waals surface area contributed by atoms with E-state index in [0.717, 1.165) is 36.7 Å². The maximum atomic E-state index is 11.9. The van der Waals surface area contributed by atoms with Crippen molar-refractivity contribution in [2.45, 2.75) is 25.5 Å². The van der Waals surface area contributed by atoms with Crippen LogP contribution in [0.15, 0.2) is 53.5 Å². The Labute approximate surface area is 166 Å². The number of guanidine groups is 1. The van der Waals surface area contributed by atoms with Gasteiger partial charge < -0.3 is 10.6 Å². The molecule has 2 aromatic rings. The van der Waals surface area contributed by atoms with Crippen LogP contribution in [0, 0.1) is 0 Å². The summed E-state index contributed by atoms with van der Waals surface area (Å²) in [7, 11) is -3.31. The van der Waals surface area contributed by atoms with Crippen LogP contribution in [0.1, 0.15) is 25.0 Å². The number of rotatable bonds is 6. The van der Waals surface area contributed by atoms with E-state index in [4.69, 9.17) is 0 Å². The van der Waals surface area contributed by atoms with Crippen LogP contribution in [-0.2, 0) is 16.4 Å². The fraction of sp³-hybridized carbons (Fsp3) is 0.316. The number of sulfonamides is 1. The first kappa shape index (κ1) is 21.1. The van der Waals surface area contributed by atoms with Crippen molar-refractivity contribution in [3.8, 4) is 0 Å². The number of hydrogen-bond acceptors (Lipinski definition) is 5. The molecule has 6 nitrogen and oxygen atoms in total. The molecule has 1 aliphatic rings. The van der Waals surface area contributed by atoms with Gasteiger partial charge in [-0.2, -0.15) is 0 Å². The summed E-state index contributed by atoms with van der Waals surface area (Å²) in [6, 6.07) is 15.7. The van der Waals surface area contributed by atoms with Crippen molar-refractivity contribution in [2.24, 2.45) is 4.99 Å². The second kappa shape index (κ2) is 9.10. The number of aliphatic imine (C=N–C) groups is 1. The third kappa shape index (κ3) is 5.87. The zero-order valence-electron chi connectivity index (χ0n) is 15.4. The molecule has 146 valence electrons. The standard InChI is InChI=1S/C19H24N4O2S.ClH/c1-14(2)26(24,25)23-18-9-5-16(6-10-18)13-15-3-7-17(8-4-15)22-19-20-11-12-21-19;/h3-10,14,23H,11-13H2,1-2H3,(H2,20,21,22);1H. The molecule has 3 N–H and O–H groups in total. The molecule has 0 fully saturated rings. The lowest BCUT2D eigenvalue weighted by Crippen LogP contribution is -2.26. The summed E-state index contributed by atoms with van der Waals surface area (Å²) in [4.78, 5) is 4.31. The van der Waals surface area contributed by atoms with E-state index in [1.165, 1.54) is 5.56 Å². The van der Waals surface area contributed by atoms with Gasteiger partial charge in [0.1, 0.15) is 0 Å². The van der Waals surface area contributed by atoms with Gasteiger partial charge in [-0.25, -0.2) is 8.42 Å². The summed E-state index contributed by atoms with van der Waals surface area (Å²) in [6.45, 7) is 5.00. The lowest BCUT2D eigenvalue weighted by Gasteiger charge is -2.11. The quantitative estimate of drug-likeness (QED) is 0.685. The maximum Gasteiger partial charge on any atom is 0.235 e. The van der Waals surface area contributed by atoms with Crippen molar-refractivity contribution < 1.29 is 8.42 Å². The Morgan fingerprint density at radius 3 is 2.04 bits per heavy atom. The lowest BCUT2D eigenvalue weighted by molar-refractivity contribution is 0.593. The SMILES string of the molecule is CC(C)S(=O)(=O)Nc1ccc(Cc2ccc(NC3=NCCN3)cc2)cc1.Cl. The molecule has 8 heteroatoms. The molecule has 0 radical (unpaired) electrons. The van der Waals surface area contributed by atoms with Crippen LogP contribution < -0.4 is 15.4 Å². The number of nitrogens with zero attached hydrogens (tertiary/aromatic N) is 1. The average molecular weight is 409 g/mol. The molecule has 0 bridgehead atoms. The Morgan fingerprint density at radius 1 is 1.00 bits per heavy atom. The fourth-order valence-electron chi connectivity index (χ4n) is 2.53. The van der Waals surface area contributed by atoms with Gasteiger partial charge in [0.15, 0.2) is 5.96 Å². The van der Waals surface area contributed by atoms with E-state index in [9.17, 15) is 8.42 Å². The summed E-state index contributed by atoms with van der Waals surface area (Å²) in [6.07, 6.45) is 0.788. The van der Waals surface area contributed by atoms with Gasteiger partial charge in [0.25, 0.3) is 0 Å². The molecule has 0 aromatic heterocycles. The molecule has 0 aliphatic carbocycles. The van der Waals surface area contributed by atoms with Crippen molar-refractivity contribution in [2.75, 3.05) is 23.1 Å². The second-order valence-electron chi connectivity index (χ2n) is 6.55. The molecule has 27 heavy (non-hydrogen) atoms. The molecule has 0 unspecified atom stereocenters. The summed E-state index contributed by atoms with van der Waals surface area (Å²) < 4.78 is 26.4. The molecule has 0 saturated carbocycles. The Bertz CT molecular complexity index is 879. The molecule has 0 amide bonds. The minimum atomic E-state index is -3.31. The third-order valence-corrected chi connectivity index (χ3v) is 5.90. The number of anilines is 2. The first-order valence-corrected chi connectivity index (χ1v) is 10.2. The average Bonchev–Trinajstić information content (AvgIpc) is 3.11. The molecule has 1 aliphatic heterocycles. The fourth-order valence-corrected chi connectivity index (χ4v) is 3.23. The van der Waals surface area contributed by atoms with E-state index in [-0.39, 0.29) is 12.4 Å². The van der Waals surface area contributed by atoms with Gasteiger partial charge in [-0.1, -0.05) is 24.3 Å². The summed E-state index contributed by atoms with van der Waals surface area (Å²) in [5.74, 6) is 0.817. The first-order valence-electron chi connectivity index (χ1n) is 8.67. The Balaban J connectivity index is 0.00000261. The second-order valence-corrected chi connectivity index (χ2v) is 8.79. The highest BCUT2D eigenvalue weighted by Gasteiger charge is 2.15. The van der Waals surface area contributed by atoms with Crippen LogP contribution in [-0.4, -0.2) is 32.7 Å². The van der Waals surface area contributed by atoms with Gasteiger partial charge in [-0.15, -0.1) is 12.4 Å². The van der Waals surface area contributed by atoms with E-state index < -0.39 is 15.3 Å².